The molecule has 0 aromatic heterocycles. The molecule has 2 aliphatic rings. The van der Waals surface area contributed by atoms with Gasteiger partial charge in [-0.05, 0) is 69.3 Å². The first kappa shape index (κ1) is 20.4. The van der Waals surface area contributed by atoms with E-state index in [1.54, 1.807) is 0 Å². The van der Waals surface area contributed by atoms with Crippen LogP contribution >= 0.6 is 11.6 Å². The van der Waals surface area contributed by atoms with Gasteiger partial charge in [0.05, 0.1) is 12.7 Å². The molecule has 2 N–H and O–H groups in total. The molecule has 2 heterocycles. The second kappa shape index (κ2) is 8.80. The van der Waals surface area contributed by atoms with Gasteiger partial charge in [-0.1, -0.05) is 11.6 Å². The van der Waals surface area contributed by atoms with E-state index in [1.165, 1.54) is 0 Å². The highest BCUT2D eigenvalue weighted by Gasteiger charge is 2.37. The quantitative estimate of drug-likeness (QED) is 0.805. The van der Waals surface area contributed by atoms with Crippen LogP contribution in [-0.4, -0.2) is 54.8 Å². The van der Waals surface area contributed by atoms with Crippen LogP contribution in [0, 0.1) is 19.3 Å². The number of hydrogen-bond acceptors (Lipinski definition) is 4. The summed E-state index contributed by atoms with van der Waals surface area (Å²) in [5.74, 6) is 0.991. The first-order chi connectivity index (χ1) is 12.9. The van der Waals surface area contributed by atoms with Crippen LogP contribution in [0.15, 0.2) is 12.1 Å². The van der Waals surface area contributed by atoms with Crippen molar-refractivity contribution in [2.45, 2.75) is 52.1 Å². The molecule has 2 aliphatic heterocycles. The van der Waals surface area contributed by atoms with Crippen molar-refractivity contribution in [2.75, 3.05) is 32.8 Å². The van der Waals surface area contributed by atoms with Crippen LogP contribution in [0.25, 0.3) is 0 Å². The van der Waals surface area contributed by atoms with E-state index in [-0.39, 0.29) is 17.4 Å². The summed E-state index contributed by atoms with van der Waals surface area (Å²) >= 11 is 6.26. The number of aliphatic hydroxyl groups is 1. The summed E-state index contributed by atoms with van der Waals surface area (Å²) in [5.41, 5.74) is 1.82. The van der Waals surface area contributed by atoms with Gasteiger partial charge in [0.1, 0.15) is 5.75 Å². The number of rotatable bonds is 5. The molecule has 0 saturated carbocycles. The van der Waals surface area contributed by atoms with Crippen molar-refractivity contribution in [2.24, 2.45) is 5.41 Å². The summed E-state index contributed by atoms with van der Waals surface area (Å²) in [6.07, 6.45) is 3.61. The second-order valence-corrected chi connectivity index (χ2v) is 8.61. The molecule has 2 fully saturated rings. The summed E-state index contributed by atoms with van der Waals surface area (Å²) < 4.78 is 6.16. The number of hydrogen-bond donors (Lipinski definition) is 2. The Bertz CT molecular complexity index is 642. The maximum Gasteiger partial charge on any atom is 0.223 e. The molecule has 0 radical (unpaired) electrons. The van der Waals surface area contributed by atoms with Crippen LogP contribution in [0.2, 0.25) is 5.02 Å². The Morgan fingerprint density at radius 3 is 2.59 bits per heavy atom. The van der Waals surface area contributed by atoms with Crippen molar-refractivity contribution in [3.8, 4) is 5.75 Å². The molecule has 1 atom stereocenters. The molecule has 6 heteroatoms. The summed E-state index contributed by atoms with van der Waals surface area (Å²) in [7, 11) is 0. The number of likely N-dealkylation sites (tertiary alicyclic amines) is 1. The van der Waals surface area contributed by atoms with Gasteiger partial charge >= 0.3 is 0 Å². The van der Waals surface area contributed by atoms with Crippen LogP contribution in [0.1, 0.15) is 43.2 Å². The predicted molar refractivity (Wildman–Crippen MR) is 107 cm³/mol. The van der Waals surface area contributed by atoms with E-state index in [9.17, 15) is 9.90 Å². The molecule has 0 unspecified atom stereocenters. The highest BCUT2D eigenvalue weighted by atomic mass is 35.5. The Kier molecular flexibility index (Phi) is 6.66. The highest BCUT2D eigenvalue weighted by Crippen LogP contribution is 2.34. The van der Waals surface area contributed by atoms with Gasteiger partial charge in [0, 0.05) is 36.5 Å². The Balaban J connectivity index is 1.66. The Hall–Kier alpha value is -1.30. The van der Waals surface area contributed by atoms with Crippen molar-refractivity contribution in [1.29, 1.82) is 0 Å². The lowest BCUT2D eigenvalue weighted by atomic mass is 9.78. The minimum atomic E-state index is -0.265. The van der Waals surface area contributed by atoms with Crippen molar-refractivity contribution in [3.05, 3.63) is 28.3 Å². The zero-order valence-electron chi connectivity index (χ0n) is 16.4. The lowest BCUT2D eigenvalue weighted by molar-refractivity contribution is -0.136. The highest BCUT2D eigenvalue weighted by molar-refractivity contribution is 6.32. The molecule has 150 valence electrons. The van der Waals surface area contributed by atoms with E-state index < -0.39 is 0 Å². The second-order valence-electron chi connectivity index (χ2n) is 8.23. The fourth-order valence-electron chi connectivity index (χ4n) is 4.13. The summed E-state index contributed by atoms with van der Waals surface area (Å²) in [6.45, 7) is 7.57. The number of aliphatic hydroxyl groups excluding tert-OH is 1. The molecule has 27 heavy (non-hydrogen) atoms. The van der Waals surface area contributed by atoms with Gasteiger partial charge in [-0.15, -0.1) is 0 Å². The fraction of sp³-hybridized carbons (Fsp3) is 0.667. The van der Waals surface area contributed by atoms with Gasteiger partial charge in [-0.25, -0.2) is 0 Å². The summed E-state index contributed by atoms with van der Waals surface area (Å²) in [6, 6.07) is 3.93. The summed E-state index contributed by atoms with van der Waals surface area (Å²) in [5, 5.41) is 13.9. The number of halogens is 1. The average molecular weight is 395 g/mol. The lowest BCUT2D eigenvalue weighted by Gasteiger charge is -2.39. The number of nitrogens with zero attached hydrogens (tertiary/aromatic N) is 1. The number of nitrogens with one attached hydrogen (secondary N) is 1. The SMILES string of the molecule is Cc1cc(OC[C@@]2(CC(=O)N3CCC(O)CC3)CCCNC2)cc(C)c1Cl. The van der Waals surface area contributed by atoms with Gasteiger partial charge in [0.15, 0.2) is 0 Å². The number of carbonyl (C=O) groups excluding carboxylic acids is 1. The monoisotopic (exact) mass is 394 g/mol. The number of piperidine rings is 2. The zero-order valence-corrected chi connectivity index (χ0v) is 17.1. The van der Waals surface area contributed by atoms with Gasteiger partial charge < -0.3 is 20.1 Å². The molecule has 0 bridgehead atoms. The fourth-order valence-corrected chi connectivity index (χ4v) is 4.24. The third kappa shape index (κ3) is 5.15. The zero-order chi connectivity index (χ0) is 19.4. The minimum absolute atomic E-state index is 0.178. The number of benzene rings is 1. The van der Waals surface area contributed by atoms with E-state index in [0.717, 1.165) is 47.8 Å². The number of amides is 1. The molecule has 0 aliphatic carbocycles. The maximum absolute atomic E-state index is 12.9. The normalized spacial score (nSPS) is 24.1. The van der Waals surface area contributed by atoms with Gasteiger partial charge in [-0.2, -0.15) is 0 Å². The average Bonchev–Trinajstić information content (AvgIpc) is 2.65. The van der Waals surface area contributed by atoms with Crippen LogP contribution in [0.5, 0.6) is 5.75 Å². The lowest BCUT2D eigenvalue weighted by Crippen LogP contribution is -2.49. The van der Waals surface area contributed by atoms with Gasteiger partial charge in [-0.3, -0.25) is 4.79 Å². The van der Waals surface area contributed by atoms with Crippen LogP contribution < -0.4 is 10.1 Å². The molecule has 2 saturated heterocycles. The molecule has 0 spiro atoms. The Labute approximate surface area is 167 Å². The van der Waals surface area contributed by atoms with Gasteiger partial charge in [0.2, 0.25) is 5.91 Å². The van der Waals surface area contributed by atoms with E-state index in [2.05, 4.69) is 5.32 Å². The molecule has 1 amide bonds. The standard InChI is InChI=1S/C21H31ClN2O3/c1-15-10-18(11-16(2)20(15)22)27-14-21(6-3-7-23-13-21)12-19(26)24-8-4-17(25)5-9-24/h10-11,17,23,25H,3-9,12-14H2,1-2H3/t21-/m1/s1. The van der Waals surface area contributed by atoms with E-state index >= 15 is 0 Å². The molecule has 5 nitrogen and oxygen atoms in total. The third-order valence-corrected chi connectivity index (χ3v) is 6.46. The van der Waals surface area contributed by atoms with E-state index in [1.807, 2.05) is 30.9 Å². The molecule has 3 rings (SSSR count). The minimum Gasteiger partial charge on any atom is -0.493 e. The van der Waals surface area contributed by atoms with Crippen LogP contribution in [0.3, 0.4) is 0 Å². The first-order valence-corrected chi connectivity index (χ1v) is 10.3. The molecule has 1 aromatic rings. The van der Waals surface area contributed by atoms with Crippen molar-refractivity contribution in [1.82, 2.24) is 10.2 Å². The number of ether oxygens (including phenoxy) is 1. The van der Waals surface area contributed by atoms with Crippen LogP contribution in [0.4, 0.5) is 0 Å². The first-order valence-electron chi connectivity index (χ1n) is 9.95. The molecular weight excluding hydrogens is 364 g/mol. The Morgan fingerprint density at radius 1 is 1.33 bits per heavy atom. The number of aryl methyl sites for hydroxylation is 2. The largest absolute Gasteiger partial charge is 0.493 e. The predicted octanol–water partition coefficient (Wildman–Crippen LogP) is 3.08. The van der Waals surface area contributed by atoms with E-state index in [0.29, 0.717) is 39.0 Å². The third-order valence-electron chi connectivity index (χ3n) is 5.86. The molecular formula is C21H31ClN2O3. The topological polar surface area (TPSA) is 61.8 Å². The molecule has 1 aromatic carbocycles. The van der Waals surface area contributed by atoms with Crippen LogP contribution in [-0.2, 0) is 4.79 Å². The van der Waals surface area contributed by atoms with Gasteiger partial charge in [0.25, 0.3) is 0 Å². The van der Waals surface area contributed by atoms with Crippen molar-refractivity contribution in [3.63, 3.8) is 0 Å². The maximum atomic E-state index is 12.9. The number of carbonyl (C=O) groups is 1. The van der Waals surface area contributed by atoms with E-state index in [4.69, 9.17) is 16.3 Å². The smallest absolute Gasteiger partial charge is 0.223 e. The summed E-state index contributed by atoms with van der Waals surface area (Å²) in [4.78, 5) is 14.8. The van der Waals surface area contributed by atoms with Crippen molar-refractivity contribution >= 4 is 17.5 Å². The Morgan fingerprint density at radius 2 is 2.00 bits per heavy atom. The van der Waals surface area contributed by atoms with Crippen molar-refractivity contribution < 1.29 is 14.6 Å².